The average molecular weight is 283 g/mol. The molecule has 2 heteroatoms. The van der Waals surface area contributed by atoms with Crippen LogP contribution in [0.5, 0.6) is 0 Å². The summed E-state index contributed by atoms with van der Waals surface area (Å²) in [7, 11) is 0. The van der Waals surface area contributed by atoms with Gasteiger partial charge >= 0.3 is 0 Å². The number of benzene rings is 1. The number of carbonyl (C=O) groups is 1. The molecule has 0 saturated carbocycles. The van der Waals surface area contributed by atoms with Gasteiger partial charge in [-0.1, -0.05) is 63.8 Å². The highest BCUT2D eigenvalue weighted by Crippen LogP contribution is 2.30. The zero-order chi connectivity index (χ0) is 15.5. The Morgan fingerprint density at radius 2 is 1.90 bits per heavy atom. The first kappa shape index (κ1) is 15.6. The molecule has 1 amide bonds. The van der Waals surface area contributed by atoms with Gasteiger partial charge in [0.2, 0.25) is 5.91 Å². The fraction of sp³-hybridized carbons (Fsp3) is 0.421. The van der Waals surface area contributed by atoms with Crippen LogP contribution in [0.2, 0.25) is 0 Å². The van der Waals surface area contributed by atoms with Crippen LogP contribution in [0.25, 0.3) is 5.57 Å². The van der Waals surface area contributed by atoms with E-state index < -0.39 is 0 Å². The lowest BCUT2D eigenvalue weighted by Gasteiger charge is -2.27. The van der Waals surface area contributed by atoms with Crippen molar-refractivity contribution < 1.29 is 4.79 Å². The summed E-state index contributed by atoms with van der Waals surface area (Å²) in [5.41, 5.74) is 3.28. The number of rotatable bonds is 3. The maximum atomic E-state index is 12.0. The number of hydrogen-bond donors (Lipinski definition) is 1. The molecule has 2 rings (SSSR count). The molecule has 0 aromatic heterocycles. The quantitative estimate of drug-likeness (QED) is 0.878. The summed E-state index contributed by atoms with van der Waals surface area (Å²) in [6.07, 6.45) is 5.08. The van der Waals surface area contributed by atoms with Crippen molar-refractivity contribution in [1.82, 2.24) is 5.32 Å². The van der Waals surface area contributed by atoms with Gasteiger partial charge in [-0.05, 0) is 36.0 Å². The molecule has 1 aromatic rings. The standard InChI is InChI=1S/C19H25NO/c1-14(15-8-6-5-7-9-15)16-10-12-17(13-11-16)20-18(21)19(2,3)4/h5-10,17H,1,11-13H2,2-4H3,(H,20,21). The van der Waals surface area contributed by atoms with Crippen molar-refractivity contribution in [2.45, 2.75) is 46.1 Å². The second kappa shape index (κ2) is 6.30. The van der Waals surface area contributed by atoms with Gasteiger partial charge in [-0.2, -0.15) is 0 Å². The van der Waals surface area contributed by atoms with E-state index in [0.29, 0.717) is 0 Å². The maximum Gasteiger partial charge on any atom is 0.225 e. The highest BCUT2D eigenvalue weighted by Gasteiger charge is 2.25. The van der Waals surface area contributed by atoms with Crippen molar-refractivity contribution in [2.75, 3.05) is 0 Å². The first-order valence-corrected chi connectivity index (χ1v) is 7.62. The fourth-order valence-electron chi connectivity index (χ4n) is 2.47. The summed E-state index contributed by atoms with van der Waals surface area (Å²) in [5, 5.41) is 3.14. The Bertz CT molecular complexity index is 549. The minimum absolute atomic E-state index is 0.131. The van der Waals surface area contributed by atoms with E-state index in [1.165, 1.54) is 11.1 Å². The van der Waals surface area contributed by atoms with Crippen LogP contribution in [0.15, 0.2) is 48.6 Å². The van der Waals surface area contributed by atoms with E-state index in [4.69, 9.17) is 0 Å². The van der Waals surface area contributed by atoms with Gasteiger partial charge in [0, 0.05) is 11.5 Å². The maximum absolute atomic E-state index is 12.0. The van der Waals surface area contributed by atoms with Crippen LogP contribution in [0.3, 0.4) is 0 Å². The SMILES string of the molecule is C=C(C1=CCC(NC(=O)C(C)(C)C)CC1)c1ccccc1. The number of allylic oxidation sites excluding steroid dienone is 2. The van der Waals surface area contributed by atoms with Crippen LogP contribution in [0.1, 0.15) is 45.6 Å². The lowest BCUT2D eigenvalue weighted by Crippen LogP contribution is -2.42. The third-order valence-corrected chi connectivity index (χ3v) is 3.94. The summed E-state index contributed by atoms with van der Waals surface area (Å²) in [5.74, 6) is 0.131. The monoisotopic (exact) mass is 283 g/mol. The molecule has 1 aromatic carbocycles. The Labute approximate surface area is 128 Å². The van der Waals surface area contributed by atoms with E-state index in [0.717, 1.165) is 24.8 Å². The van der Waals surface area contributed by atoms with E-state index in [1.807, 2.05) is 39.0 Å². The summed E-state index contributed by atoms with van der Waals surface area (Å²) in [6, 6.07) is 10.5. The third-order valence-electron chi connectivity index (χ3n) is 3.94. The molecule has 1 atom stereocenters. The molecule has 1 aliphatic rings. The van der Waals surface area contributed by atoms with Crippen molar-refractivity contribution in [1.29, 1.82) is 0 Å². The van der Waals surface area contributed by atoms with E-state index in [9.17, 15) is 4.79 Å². The second-order valence-corrected chi connectivity index (χ2v) is 6.77. The largest absolute Gasteiger partial charge is 0.353 e. The molecule has 1 aliphatic carbocycles. The molecule has 1 N–H and O–H groups in total. The van der Waals surface area contributed by atoms with Gasteiger partial charge in [0.25, 0.3) is 0 Å². The van der Waals surface area contributed by atoms with Crippen molar-refractivity contribution >= 4 is 11.5 Å². The molecular formula is C19H25NO. The number of carbonyl (C=O) groups excluding carboxylic acids is 1. The normalized spacial score (nSPS) is 18.8. The topological polar surface area (TPSA) is 29.1 Å². The molecule has 21 heavy (non-hydrogen) atoms. The van der Waals surface area contributed by atoms with Gasteiger partial charge < -0.3 is 5.32 Å². The number of amides is 1. The van der Waals surface area contributed by atoms with Gasteiger partial charge in [-0.3, -0.25) is 4.79 Å². The second-order valence-electron chi connectivity index (χ2n) is 6.77. The molecule has 0 heterocycles. The Balaban J connectivity index is 1.96. The number of hydrogen-bond acceptors (Lipinski definition) is 1. The summed E-state index contributed by atoms with van der Waals surface area (Å²) < 4.78 is 0. The lowest BCUT2D eigenvalue weighted by molar-refractivity contribution is -0.129. The summed E-state index contributed by atoms with van der Waals surface area (Å²) in [4.78, 5) is 12.0. The Morgan fingerprint density at radius 3 is 2.43 bits per heavy atom. The predicted octanol–water partition coefficient (Wildman–Crippen LogP) is 4.34. The molecule has 1 unspecified atom stereocenters. The first-order valence-electron chi connectivity index (χ1n) is 7.62. The minimum atomic E-state index is -0.322. The van der Waals surface area contributed by atoms with Crippen LogP contribution in [-0.2, 0) is 4.79 Å². The molecule has 0 radical (unpaired) electrons. The molecule has 0 saturated heterocycles. The minimum Gasteiger partial charge on any atom is -0.353 e. The van der Waals surface area contributed by atoms with E-state index >= 15 is 0 Å². The van der Waals surface area contributed by atoms with Crippen molar-refractivity contribution in [2.24, 2.45) is 5.41 Å². The van der Waals surface area contributed by atoms with Gasteiger partial charge in [0.05, 0.1) is 0 Å². The Morgan fingerprint density at radius 1 is 1.24 bits per heavy atom. The molecule has 0 bridgehead atoms. The Kier molecular flexibility index (Phi) is 4.66. The highest BCUT2D eigenvalue weighted by molar-refractivity contribution is 5.82. The van der Waals surface area contributed by atoms with Crippen LogP contribution in [0.4, 0.5) is 0 Å². The van der Waals surface area contributed by atoms with E-state index in [-0.39, 0.29) is 17.4 Å². The van der Waals surface area contributed by atoms with Crippen molar-refractivity contribution in [3.05, 3.63) is 54.1 Å². The fourth-order valence-corrected chi connectivity index (χ4v) is 2.47. The van der Waals surface area contributed by atoms with Crippen LogP contribution < -0.4 is 5.32 Å². The van der Waals surface area contributed by atoms with Crippen LogP contribution in [0, 0.1) is 5.41 Å². The van der Waals surface area contributed by atoms with Gasteiger partial charge in [0.1, 0.15) is 0 Å². The number of nitrogens with one attached hydrogen (secondary N) is 1. The van der Waals surface area contributed by atoms with Gasteiger partial charge in [0.15, 0.2) is 0 Å². The van der Waals surface area contributed by atoms with E-state index in [2.05, 4.69) is 30.1 Å². The zero-order valence-electron chi connectivity index (χ0n) is 13.3. The average Bonchev–Trinajstić information content (AvgIpc) is 2.47. The molecule has 0 spiro atoms. The summed E-state index contributed by atoms with van der Waals surface area (Å²) >= 11 is 0. The smallest absolute Gasteiger partial charge is 0.225 e. The van der Waals surface area contributed by atoms with Crippen molar-refractivity contribution in [3.8, 4) is 0 Å². The van der Waals surface area contributed by atoms with Crippen LogP contribution >= 0.6 is 0 Å². The van der Waals surface area contributed by atoms with Crippen molar-refractivity contribution in [3.63, 3.8) is 0 Å². The van der Waals surface area contributed by atoms with Gasteiger partial charge in [-0.15, -0.1) is 0 Å². The van der Waals surface area contributed by atoms with Gasteiger partial charge in [-0.25, -0.2) is 0 Å². The third kappa shape index (κ3) is 4.07. The summed E-state index contributed by atoms with van der Waals surface area (Å²) in [6.45, 7) is 10.1. The molecular weight excluding hydrogens is 258 g/mol. The zero-order valence-corrected chi connectivity index (χ0v) is 13.3. The van der Waals surface area contributed by atoms with Crippen LogP contribution in [-0.4, -0.2) is 11.9 Å². The highest BCUT2D eigenvalue weighted by atomic mass is 16.2. The molecule has 112 valence electrons. The van der Waals surface area contributed by atoms with E-state index in [1.54, 1.807) is 0 Å². The predicted molar refractivity (Wildman–Crippen MR) is 88.8 cm³/mol. The Hall–Kier alpha value is -1.83. The lowest BCUT2D eigenvalue weighted by atomic mass is 9.87. The first-order chi connectivity index (χ1) is 9.88. The molecule has 0 fully saturated rings. The molecule has 0 aliphatic heterocycles. The molecule has 2 nitrogen and oxygen atoms in total.